The van der Waals surface area contributed by atoms with Crippen molar-refractivity contribution in [3.8, 4) is 0 Å². The van der Waals surface area contributed by atoms with E-state index in [9.17, 15) is 4.79 Å². The van der Waals surface area contributed by atoms with Gasteiger partial charge in [-0.15, -0.1) is 0 Å². The van der Waals surface area contributed by atoms with Crippen molar-refractivity contribution in [3.63, 3.8) is 0 Å². The molecule has 22 heavy (non-hydrogen) atoms. The van der Waals surface area contributed by atoms with Crippen LogP contribution in [0, 0.1) is 0 Å². The van der Waals surface area contributed by atoms with Crippen LogP contribution in [0.3, 0.4) is 0 Å². The highest BCUT2D eigenvalue weighted by atomic mass is 28.4. The van der Waals surface area contributed by atoms with Crippen molar-refractivity contribution in [3.05, 3.63) is 12.7 Å². The summed E-state index contributed by atoms with van der Waals surface area (Å²) in [6.45, 7) is 7.57. The van der Waals surface area contributed by atoms with Crippen molar-refractivity contribution in [2.24, 2.45) is 0 Å². The molecule has 0 aliphatic rings. The molecule has 0 radical (unpaired) electrons. The molecular weight excluding hydrogens is 296 g/mol. The lowest BCUT2D eigenvalue weighted by molar-refractivity contribution is -0.145. The van der Waals surface area contributed by atoms with Gasteiger partial charge in [-0.2, -0.15) is 0 Å². The van der Waals surface area contributed by atoms with Gasteiger partial charge in [0.1, 0.15) is 0 Å². The van der Waals surface area contributed by atoms with Crippen LogP contribution in [0.2, 0.25) is 12.6 Å². The second-order valence-corrected chi connectivity index (χ2v) is 9.31. The van der Waals surface area contributed by atoms with E-state index < -0.39 is 14.5 Å². The fraction of sp³-hybridized carbons (Fsp3) is 0.824. The molecule has 4 nitrogen and oxygen atoms in total. The van der Waals surface area contributed by atoms with Gasteiger partial charge >= 0.3 is 14.5 Å². The Morgan fingerprint density at radius 3 is 2.09 bits per heavy atom. The number of esters is 1. The molecule has 1 atom stereocenters. The molecule has 0 bridgehead atoms. The third-order valence-corrected chi connectivity index (χ3v) is 6.75. The molecule has 130 valence electrons. The van der Waals surface area contributed by atoms with E-state index in [-0.39, 0.29) is 6.79 Å². The molecule has 1 unspecified atom stereocenters. The van der Waals surface area contributed by atoms with Crippen molar-refractivity contribution >= 4 is 14.5 Å². The Bertz CT molecular complexity index is 296. The zero-order valence-electron chi connectivity index (χ0n) is 14.7. The first-order chi connectivity index (χ1) is 10.6. The first-order valence-electron chi connectivity index (χ1n) is 8.56. The number of hydrogen-bond donors (Lipinski definition) is 0. The summed E-state index contributed by atoms with van der Waals surface area (Å²) < 4.78 is 16.0. The second kappa shape index (κ2) is 14.0. The molecular formula is C17H34O4Si. The fourth-order valence-corrected chi connectivity index (χ4v) is 3.93. The Balaban J connectivity index is 3.62. The standard InChI is InChI=1S/C17H34O4Si/c1-5-7-8-9-10-11-12-13-14-15-22(4,19-3)21-16-20-17(18)6-2/h6H,2,5,7-16H2,1,3-4H3. The summed E-state index contributed by atoms with van der Waals surface area (Å²) in [6, 6.07) is 0.935. The third-order valence-electron chi connectivity index (χ3n) is 3.90. The van der Waals surface area contributed by atoms with E-state index in [1.807, 2.05) is 6.55 Å². The molecule has 0 aromatic rings. The van der Waals surface area contributed by atoms with Crippen LogP contribution >= 0.6 is 0 Å². The van der Waals surface area contributed by atoms with Gasteiger partial charge in [-0.1, -0.05) is 71.3 Å². The van der Waals surface area contributed by atoms with Crippen molar-refractivity contribution in [1.29, 1.82) is 0 Å². The zero-order valence-corrected chi connectivity index (χ0v) is 15.7. The van der Waals surface area contributed by atoms with E-state index in [2.05, 4.69) is 13.5 Å². The first kappa shape index (κ1) is 21.3. The predicted molar refractivity (Wildman–Crippen MR) is 92.9 cm³/mol. The molecule has 0 saturated heterocycles. The molecule has 0 aliphatic carbocycles. The topological polar surface area (TPSA) is 44.8 Å². The van der Waals surface area contributed by atoms with Gasteiger partial charge in [0.2, 0.25) is 0 Å². The maximum atomic E-state index is 11.0. The fourth-order valence-electron chi connectivity index (χ4n) is 2.26. The normalized spacial score (nSPS) is 13.6. The highest BCUT2D eigenvalue weighted by Gasteiger charge is 2.29. The maximum Gasteiger partial charge on any atom is 0.337 e. The number of ether oxygens (including phenoxy) is 1. The Morgan fingerprint density at radius 1 is 1.05 bits per heavy atom. The minimum Gasteiger partial charge on any atom is -0.436 e. The van der Waals surface area contributed by atoms with Crippen molar-refractivity contribution < 1.29 is 18.4 Å². The van der Waals surface area contributed by atoms with E-state index in [0.29, 0.717) is 0 Å². The van der Waals surface area contributed by atoms with Crippen LogP contribution < -0.4 is 0 Å². The lowest BCUT2D eigenvalue weighted by Crippen LogP contribution is -2.38. The Hall–Kier alpha value is -0.653. The summed E-state index contributed by atoms with van der Waals surface area (Å²) in [4.78, 5) is 11.0. The van der Waals surface area contributed by atoms with Gasteiger partial charge in [0.05, 0.1) is 0 Å². The Morgan fingerprint density at radius 2 is 1.59 bits per heavy atom. The third kappa shape index (κ3) is 11.9. The minimum absolute atomic E-state index is 0.0428. The van der Waals surface area contributed by atoms with Crippen LogP contribution in [0.25, 0.3) is 0 Å². The summed E-state index contributed by atoms with van der Waals surface area (Å²) in [5.41, 5.74) is 0. The number of carbonyl (C=O) groups is 1. The van der Waals surface area contributed by atoms with Crippen molar-refractivity contribution in [2.45, 2.75) is 77.3 Å². The summed E-state index contributed by atoms with van der Waals surface area (Å²) >= 11 is 0. The average molecular weight is 331 g/mol. The molecule has 0 N–H and O–H groups in total. The number of rotatable bonds is 15. The van der Waals surface area contributed by atoms with Crippen molar-refractivity contribution in [1.82, 2.24) is 0 Å². The minimum atomic E-state index is -2.20. The molecule has 0 aliphatic heterocycles. The quantitative estimate of drug-likeness (QED) is 0.140. The van der Waals surface area contributed by atoms with Crippen LogP contribution in [-0.2, 0) is 18.4 Å². The molecule has 0 heterocycles. The van der Waals surface area contributed by atoms with E-state index in [1.165, 1.54) is 51.4 Å². The second-order valence-electron chi connectivity index (χ2n) is 5.85. The molecule has 5 heteroatoms. The summed E-state index contributed by atoms with van der Waals surface area (Å²) in [5.74, 6) is -0.462. The van der Waals surface area contributed by atoms with E-state index >= 15 is 0 Å². The SMILES string of the molecule is C=CC(=O)OCO[Si](C)(CCCCCCCCCCC)OC. The van der Waals surface area contributed by atoms with Crippen LogP contribution in [0.4, 0.5) is 0 Å². The molecule has 0 fully saturated rings. The van der Waals surface area contributed by atoms with Gasteiger partial charge in [0.25, 0.3) is 0 Å². The first-order valence-corrected chi connectivity index (χ1v) is 11.1. The molecule has 0 amide bonds. The molecule has 0 aromatic carbocycles. The van der Waals surface area contributed by atoms with Gasteiger partial charge in [-0.05, 0) is 12.6 Å². The number of hydrogen-bond acceptors (Lipinski definition) is 4. The van der Waals surface area contributed by atoms with Crippen molar-refractivity contribution in [2.75, 3.05) is 13.9 Å². The summed E-state index contributed by atoms with van der Waals surface area (Å²) in [6.07, 6.45) is 12.9. The molecule has 0 saturated carbocycles. The largest absolute Gasteiger partial charge is 0.436 e. The number of carbonyl (C=O) groups excluding carboxylic acids is 1. The molecule has 0 aromatic heterocycles. The van der Waals surface area contributed by atoms with E-state index in [0.717, 1.165) is 18.5 Å². The summed E-state index contributed by atoms with van der Waals surface area (Å²) in [5, 5.41) is 0. The van der Waals surface area contributed by atoms with E-state index in [4.69, 9.17) is 13.6 Å². The summed E-state index contributed by atoms with van der Waals surface area (Å²) in [7, 11) is -0.525. The van der Waals surface area contributed by atoms with E-state index in [1.54, 1.807) is 7.11 Å². The van der Waals surface area contributed by atoms with Gasteiger partial charge in [0.15, 0.2) is 6.79 Å². The maximum absolute atomic E-state index is 11.0. The molecule has 0 rings (SSSR count). The Labute approximate surface area is 137 Å². The lowest BCUT2D eigenvalue weighted by atomic mass is 10.1. The molecule has 0 spiro atoms. The van der Waals surface area contributed by atoms with Gasteiger partial charge in [-0.25, -0.2) is 4.79 Å². The number of unbranched alkanes of at least 4 members (excludes halogenated alkanes) is 8. The highest BCUT2D eigenvalue weighted by Crippen LogP contribution is 2.18. The van der Waals surface area contributed by atoms with Gasteiger partial charge < -0.3 is 13.6 Å². The van der Waals surface area contributed by atoms with Crippen LogP contribution in [-0.4, -0.2) is 28.4 Å². The monoisotopic (exact) mass is 330 g/mol. The zero-order chi connectivity index (χ0) is 16.7. The van der Waals surface area contributed by atoms with Crippen LogP contribution in [0.5, 0.6) is 0 Å². The average Bonchev–Trinajstić information content (AvgIpc) is 2.53. The lowest BCUT2D eigenvalue weighted by Gasteiger charge is -2.24. The highest BCUT2D eigenvalue weighted by molar-refractivity contribution is 6.65. The Kier molecular flexibility index (Phi) is 13.6. The van der Waals surface area contributed by atoms with Gasteiger partial charge in [0, 0.05) is 13.2 Å². The predicted octanol–water partition coefficient (Wildman–Crippen LogP) is 4.94. The van der Waals surface area contributed by atoms with Crippen LogP contribution in [0.1, 0.15) is 64.7 Å². The van der Waals surface area contributed by atoms with Gasteiger partial charge in [-0.3, -0.25) is 0 Å². The van der Waals surface area contributed by atoms with Crippen LogP contribution in [0.15, 0.2) is 12.7 Å². The smallest absolute Gasteiger partial charge is 0.337 e.